The average molecular weight is 427 g/mol. The maximum atomic E-state index is 13.1. The van der Waals surface area contributed by atoms with Gasteiger partial charge in [-0.1, -0.05) is 48.0 Å². The molecule has 0 spiro atoms. The Labute approximate surface area is 184 Å². The number of anilines is 1. The molecule has 152 valence electrons. The fourth-order valence-corrected chi connectivity index (χ4v) is 3.94. The molecule has 4 aromatic carbocycles. The Kier molecular flexibility index (Phi) is 4.72. The number of hydrogen-bond donors (Lipinski definition) is 1. The molecular formula is C26H19ClN2O2. The predicted molar refractivity (Wildman–Crippen MR) is 126 cm³/mol. The molecule has 0 radical (unpaired) electrons. The Bertz CT molecular complexity index is 1470. The number of oxazole rings is 1. The fraction of sp³-hybridized carbons (Fsp3) is 0.0769. The summed E-state index contributed by atoms with van der Waals surface area (Å²) in [4.78, 5) is 17.7. The molecule has 0 unspecified atom stereocenters. The number of carbonyl (C=O) groups excluding carboxylic acids is 1. The SMILES string of the molecule is Cc1ccc2nc(-c3ccc(C)c(NC(=O)c4cccc5c(Cl)cccc45)c3)oc2c1. The number of nitrogens with zero attached hydrogens (tertiary/aromatic N) is 1. The van der Waals surface area contributed by atoms with Crippen molar-refractivity contribution in [1.29, 1.82) is 0 Å². The van der Waals surface area contributed by atoms with E-state index < -0.39 is 0 Å². The van der Waals surface area contributed by atoms with Crippen LogP contribution in [0.15, 0.2) is 77.2 Å². The van der Waals surface area contributed by atoms with Crippen molar-refractivity contribution in [3.05, 3.63) is 94.5 Å². The van der Waals surface area contributed by atoms with Gasteiger partial charge < -0.3 is 9.73 Å². The van der Waals surface area contributed by atoms with Crippen molar-refractivity contribution in [3.8, 4) is 11.5 Å². The van der Waals surface area contributed by atoms with Gasteiger partial charge in [0.05, 0.1) is 0 Å². The van der Waals surface area contributed by atoms with Crippen molar-refractivity contribution >= 4 is 45.1 Å². The Balaban J connectivity index is 1.51. The van der Waals surface area contributed by atoms with E-state index in [1.165, 1.54) is 0 Å². The molecule has 5 rings (SSSR count). The number of benzene rings is 4. The highest BCUT2D eigenvalue weighted by molar-refractivity contribution is 6.36. The van der Waals surface area contributed by atoms with Crippen molar-refractivity contribution in [2.75, 3.05) is 5.32 Å². The molecule has 1 aromatic heterocycles. The van der Waals surface area contributed by atoms with Crippen LogP contribution in [0.5, 0.6) is 0 Å². The molecule has 4 nitrogen and oxygen atoms in total. The van der Waals surface area contributed by atoms with Crippen molar-refractivity contribution in [3.63, 3.8) is 0 Å². The van der Waals surface area contributed by atoms with Gasteiger partial charge in [0.15, 0.2) is 5.58 Å². The summed E-state index contributed by atoms with van der Waals surface area (Å²) in [5, 5.41) is 5.33. The number of rotatable bonds is 3. The number of aryl methyl sites for hydroxylation is 2. The van der Waals surface area contributed by atoms with E-state index in [0.717, 1.165) is 38.6 Å². The first-order valence-corrected chi connectivity index (χ1v) is 10.3. The Hall–Kier alpha value is -3.63. The van der Waals surface area contributed by atoms with Gasteiger partial charge in [0.25, 0.3) is 5.91 Å². The quantitative estimate of drug-likeness (QED) is 0.332. The first-order chi connectivity index (χ1) is 15.0. The van der Waals surface area contributed by atoms with E-state index in [1.807, 2.05) is 80.6 Å². The average Bonchev–Trinajstić information content (AvgIpc) is 3.18. The molecule has 0 saturated heterocycles. The molecule has 1 heterocycles. The van der Waals surface area contributed by atoms with E-state index >= 15 is 0 Å². The van der Waals surface area contributed by atoms with Crippen LogP contribution in [-0.2, 0) is 0 Å². The van der Waals surface area contributed by atoms with Crippen LogP contribution in [0, 0.1) is 13.8 Å². The lowest BCUT2D eigenvalue weighted by atomic mass is 10.0. The Morgan fingerprint density at radius 2 is 1.74 bits per heavy atom. The second kappa shape index (κ2) is 7.56. The predicted octanol–water partition coefficient (Wildman–Crippen LogP) is 7.17. The molecule has 0 aliphatic carbocycles. The maximum absolute atomic E-state index is 13.1. The van der Waals surface area contributed by atoms with Crippen LogP contribution in [0.4, 0.5) is 5.69 Å². The second-order valence-corrected chi connectivity index (χ2v) is 8.02. The monoisotopic (exact) mass is 426 g/mol. The number of hydrogen-bond acceptors (Lipinski definition) is 3. The smallest absolute Gasteiger partial charge is 0.256 e. The van der Waals surface area contributed by atoms with Gasteiger partial charge >= 0.3 is 0 Å². The highest BCUT2D eigenvalue weighted by Gasteiger charge is 2.15. The molecule has 0 fully saturated rings. The Morgan fingerprint density at radius 1 is 0.935 bits per heavy atom. The van der Waals surface area contributed by atoms with Crippen molar-refractivity contribution < 1.29 is 9.21 Å². The molecule has 0 bridgehead atoms. The summed E-state index contributed by atoms with van der Waals surface area (Å²) in [5.41, 5.74) is 5.69. The third kappa shape index (κ3) is 3.56. The molecule has 1 amide bonds. The molecule has 0 aliphatic rings. The van der Waals surface area contributed by atoms with Gasteiger partial charge in [-0.15, -0.1) is 0 Å². The minimum Gasteiger partial charge on any atom is -0.436 e. The summed E-state index contributed by atoms with van der Waals surface area (Å²) in [7, 11) is 0. The van der Waals surface area contributed by atoms with Gasteiger partial charge in [-0.25, -0.2) is 4.98 Å². The van der Waals surface area contributed by atoms with Crippen LogP contribution in [0.3, 0.4) is 0 Å². The van der Waals surface area contributed by atoms with Gasteiger partial charge in [0, 0.05) is 27.2 Å². The van der Waals surface area contributed by atoms with Gasteiger partial charge in [0.1, 0.15) is 5.52 Å². The van der Waals surface area contributed by atoms with Crippen LogP contribution >= 0.6 is 11.6 Å². The number of fused-ring (bicyclic) bond motifs is 2. The summed E-state index contributed by atoms with van der Waals surface area (Å²) < 4.78 is 5.95. The summed E-state index contributed by atoms with van der Waals surface area (Å²) in [5.74, 6) is 0.328. The van der Waals surface area contributed by atoms with E-state index in [1.54, 1.807) is 6.07 Å². The van der Waals surface area contributed by atoms with Crippen LogP contribution in [-0.4, -0.2) is 10.9 Å². The highest BCUT2D eigenvalue weighted by atomic mass is 35.5. The largest absolute Gasteiger partial charge is 0.436 e. The highest BCUT2D eigenvalue weighted by Crippen LogP contribution is 2.30. The lowest BCUT2D eigenvalue weighted by Crippen LogP contribution is -2.13. The van der Waals surface area contributed by atoms with E-state index in [4.69, 9.17) is 16.0 Å². The summed E-state index contributed by atoms with van der Waals surface area (Å²) >= 11 is 6.30. The molecular weight excluding hydrogens is 408 g/mol. The zero-order valence-electron chi connectivity index (χ0n) is 17.1. The van der Waals surface area contributed by atoms with Crippen LogP contribution < -0.4 is 5.32 Å². The van der Waals surface area contributed by atoms with Crippen molar-refractivity contribution in [1.82, 2.24) is 4.98 Å². The standard InChI is InChI=1S/C26H19ClN2O2/c1-15-9-12-22-24(13-15)31-26(29-22)17-11-10-16(2)23(14-17)28-25(30)20-7-3-6-19-18(20)5-4-8-21(19)27/h3-14H,1-2H3,(H,28,30). The van der Waals surface area contributed by atoms with E-state index in [0.29, 0.717) is 22.2 Å². The molecule has 0 atom stereocenters. The molecule has 5 aromatic rings. The number of halogens is 1. The zero-order valence-corrected chi connectivity index (χ0v) is 17.8. The van der Waals surface area contributed by atoms with Crippen LogP contribution in [0.1, 0.15) is 21.5 Å². The van der Waals surface area contributed by atoms with E-state index in [-0.39, 0.29) is 5.91 Å². The van der Waals surface area contributed by atoms with Crippen LogP contribution in [0.2, 0.25) is 5.02 Å². The third-order valence-corrected chi connectivity index (χ3v) is 5.72. The minimum atomic E-state index is -0.193. The Morgan fingerprint density at radius 3 is 2.61 bits per heavy atom. The number of amides is 1. The summed E-state index contributed by atoms with van der Waals surface area (Å²) in [6.07, 6.45) is 0. The maximum Gasteiger partial charge on any atom is 0.256 e. The lowest BCUT2D eigenvalue weighted by Gasteiger charge is -2.12. The van der Waals surface area contributed by atoms with Crippen LogP contribution in [0.25, 0.3) is 33.3 Å². The molecule has 0 saturated carbocycles. The van der Waals surface area contributed by atoms with E-state index in [2.05, 4.69) is 10.3 Å². The molecule has 1 N–H and O–H groups in total. The van der Waals surface area contributed by atoms with Crippen molar-refractivity contribution in [2.45, 2.75) is 13.8 Å². The summed E-state index contributed by atoms with van der Waals surface area (Å²) in [6.45, 7) is 3.97. The first-order valence-electron chi connectivity index (χ1n) is 9.96. The van der Waals surface area contributed by atoms with Crippen molar-refractivity contribution in [2.24, 2.45) is 0 Å². The number of aromatic nitrogens is 1. The molecule has 31 heavy (non-hydrogen) atoms. The van der Waals surface area contributed by atoms with E-state index in [9.17, 15) is 4.79 Å². The molecule has 5 heteroatoms. The number of carbonyl (C=O) groups is 1. The molecule has 0 aliphatic heterocycles. The minimum absolute atomic E-state index is 0.193. The first kappa shape index (κ1) is 19.3. The van der Waals surface area contributed by atoms with Gasteiger partial charge in [-0.05, 0) is 66.8 Å². The summed E-state index contributed by atoms with van der Waals surface area (Å²) in [6, 6.07) is 22.8. The fourth-order valence-electron chi connectivity index (χ4n) is 3.70. The van der Waals surface area contributed by atoms with Gasteiger partial charge in [0.2, 0.25) is 5.89 Å². The third-order valence-electron chi connectivity index (χ3n) is 5.39. The lowest BCUT2D eigenvalue weighted by molar-refractivity contribution is 0.102. The zero-order chi connectivity index (χ0) is 21.5. The second-order valence-electron chi connectivity index (χ2n) is 7.61. The van der Waals surface area contributed by atoms with Gasteiger partial charge in [-0.2, -0.15) is 0 Å². The normalized spacial score (nSPS) is 11.2. The topological polar surface area (TPSA) is 55.1 Å². The number of nitrogens with one attached hydrogen (secondary N) is 1. The van der Waals surface area contributed by atoms with Gasteiger partial charge in [-0.3, -0.25) is 4.79 Å².